The summed E-state index contributed by atoms with van der Waals surface area (Å²) in [6.07, 6.45) is 1.33. The Morgan fingerprint density at radius 3 is 2.14 bits per heavy atom. The number of hydrogen-bond donors (Lipinski definition) is 1. The molecule has 0 aliphatic carbocycles. The Balaban J connectivity index is 2.68. The van der Waals surface area contributed by atoms with Crippen LogP contribution in [0.5, 0.6) is 0 Å². The quantitative estimate of drug-likeness (QED) is 0.517. The predicted octanol–water partition coefficient (Wildman–Crippen LogP) is 0.373. The van der Waals surface area contributed by atoms with E-state index in [1.807, 2.05) is 0 Å². The molecule has 0 aromatic rings. The van der Waals surface area contributed by atoms with Crippen LogP contribution in [0.15, 0.2) is 0 Å². The molecule has 0 amide bonds. The van der Waals surface area contributed by atoms with Gasteiger partial charge >= 0.3 is 8.80 Å². The van der Waals surface area contributed by atoms with Crippen LogP contribution in [0.3, 0.4) is 0 Å². The zero-order chi connectivity index (χ0) is 5.70. The fourth-order valence-electron chi connectivity index (χ4n) is 0.479. The number of rotatable bonds is 3. The van der Waals surface area contributed by atoms with E-state index >= 15 is 0 Å². The van der Waals surface area contributed by atoms with Crippen LogP contribution in [-0.2, 0) is 0 Å². The minimum absolute atomic E-state index is 0.0627. The Kier molecular flexibility index (Phi) is 4.45. The van der Waals surface area contributed by atoms with Crippen molar-refractivity contribution in [3.8, 4) is 0 Å². The molecular formula is C5H15NSi+2. The Morgan fingerprint density at radius 2 is 2.00 bits per heavy atom. The van der Waals surface area contributed by atoms with Gasteiger partial charge in [0.05, 0.1) is 25.7 Å². The molecule has 0 atom stereocenters. The highest BCUT2D eigenvalue weighted by Crippen LogP contribution is 1.92. The highest BCUT2D eigenvalue weighted by Gasteiger charge is 2.08. The number of quaternary nitrogens is 1. The molecule has 0 bridgehead atoms. The van der Waals surface area contributed by atoms with E-state index in [0.29, 0.717) is 0 Å². The van der Waals surface area contributed by atoms with Crippen LogP contribution >= 0.6 is 0 Å². The molecule has 0 fully saturated rings. The summed E-state index contributed by atoms with van der Waals surface area (Å²) in [5.74, 6) is 0. The largest absolute Gasteiger partial charge is 0.357 e. The molecule has 3 N–H and O–H groups in total. The van der Waals surface area contributed by atoms with Crippen molar-refractivity contribution in [1.82, 2.24) is 0 Å². The first-order valence-corrected chi connectivity index (χ1v) is 5.56. The molecule has 7 heavy (non-hydrogen) atoms. The van der Waals surface area contributed by atoms with Gasteiger partial charge < -0.3 is 5.73 Å². The Morgan fingerprint density at radius 1 is 1.43 bits per heavy atom. The van der Waals surface area contributed by atoms with E-state index in [2.05, 4.69) is 18.8 Å². The molecule has 0 aliphatic heterocycles. The lowest BCUT2D eigenvalue weighted by Gasteiger charge is -1.83. The number of hydrogen-bond acceptors (Lipinski definition) is 0. The average Bonchev–Trinajstić information content (AvgIpc) is 1.61. The fourth-order valence-corrected chi connectivity index (χ4v) is 1.44. The first-order valence-electron chi connectivity index (χ1n) is 2.85. The molecule has 0 rings (SSSR count). The molecular weight excluding hydrogens is 102 g/mol. The van der Waals surface area contributed by atoms with Crippen molar-refractivity contribution in [2.24, 2.45) is 0 Å². The van der Waals surface area contributed by atoms with E-state index in [1.165, 1.54) is 12.5 Å². The lowest BCUT2D eigenvalue weighted by molar-refractivity contribution is -0.367. The van der Waals surface area contributed by atoms with Gasteiger partial charge in [0.1, 0.15) is 0 Å². The van der Waals surface area contributed by atoms with Crippen LogP contribution in [0.25, 0.3) is 0 Å². The van der Waals surface area contributed by atoms with E-state index in [-0.39, 0.29) is 8.80 Å². The molecule has 0 aromatic carbocycles. The molecule has 0 aliphatic rings. The van der Waals surface area contributed by atoms with Crippen molar-refractivity contribution in [2.75, 3.05) is 6.54 Å². The van der Waals surface area contributed by atoms with Gasteiger partial charge in [0.2, 0.25) is 0 Å². The van der Waals surface area contributed by atoms with Crippen molar-refractivity contribution in [3.05, 3.63) is 0 Å². The minimum Gasteiger partial charge on any atom is -0.357 e. The van der Waals surface area contributed by atoms with Gasteiger partial charge in [0.25, 0.3) is 0 Å². The van der Waals surface area contributed by atoms with E-state index in [0.717, 1.165) is 6.54 Å². The Bertz CT molecular complexity index is 37.1. The summed E-state index contributed by atoms with van der Waals surface area (Å²) in [4.78, 5) is 0. The van der Waals surface area contributed by atoms with Gasteiger partial charge in [-0.2, -0.15) is 0 Å². The molecule has 0 unspecified atom stereocenters. The maximum atomic E-state index is 3.77. The summed E-state index contributed by atoms with van der Waals surface area (Å²) in [7, 11) is 0.0627. The Labute approximate surface area is 47.5 Å². The van der Waals surface area contributed by atoms with Crippen molar-refractivity contribution in [2.45, 2.75) is 25.6 Å². The van der Waals surface area contributed by atoms with Crippen molar-refractivity contribution in [3.63, 3.8) is 0 Å². The van der Waals surface area contributed by atoms with Crippen LogP contribution in [0.4, 0.5) is 0 Å². The monoisotopic (exact) mass is 117 g/mol. The third kappa shape index (κ3) is 6.18. The second kappa shape index (κ2) is 4.34. The highest BCUT2D eigenvalue weighted by atomic mass is 28.3. The standard InChI is InChI=1S/C5H14NSi/c1-7(2)5-3-4-6/h3-6H2,1-2H3/q+1/p+1. The van der Waals surface area contributed by atoms with Crippen molar-refractivity contribution < 1.29 is 5.73 Å². The minimum atomic E-state index is 0.0627. The maximum absolute atomic E-state index is 3.77. The van der Waals surface area contributed by atoms with Gasteiger partial charge in [0, 0.05) is 6.42 Å². The molecule has 42 valence electrons. The van der Waals surface area contributed by atoms with Crippen molar-refractivity contribution >= 4 is 8.80 Å². The summed E-state index contributed by atoms with van der Waals surface area (Å²) in [5.41, 5.74) is 3.77. The summed E-state index contributed by atoms with van der Waals surface area (Å²) in [6, 6.07) is 1.44. The molecule has 0 spiro atoms. The van der Waals surface area contributed by atoms with Gasteiger partial charge in [0.15, 0.2) is 0 Å². The molecule has 0 radical (unpaired) electrons. The fraction of sp³-hybridized carbons (Fsp3) is 1.00. The topological polar surface area (TPSA) is 27.6 Å². The molecule has 2 heteroatoms. The van der Waals surface area contributed by atoms with E-state index in [1.54, 1.807) is 0 Å². The smallest absolute Gasteiger partial charge is 0.308 e. The average molecular weight is 117 g/mol. The van der Waals surface area contributed by atoms with Crippen LogP contribution < -0.4 is 5.73 Å². The summed E-state index contributed by atoms with van der Waals surface area (Å²) >= 11 is 0. The van der Waals surface area contributed by atoms with Crippen LogP contribution in [0.1, 0.15) is 6.42 Å². The van der Waals surface area contributed by atoms with Crippen LogP contribution in [0, 0.1) is 0 Å². The normalized spacial score (nSPS) is 9.00. The van der Waals surface area contributed by atoms with E-state index in [9.17, 15) is 0 Å². The SMILES string of the molecule is C[Si+](C)CCC[NH3+]. The lowest BCUT2D eigenvalue weighted by Crippen LogP contribution is -2.50. The molecule has 1 nitrogen and oxygen atoms in total. The van der Waals surface area contributed by atoms with Crippen molar-refractivity contribution in [1.29, 1.82) is 0 Å². The van der Waals surface area contributed by atoms with Crippen LogP contribution in [-0.4, -0.2) is 15.3 Å². The molecule has 0 saturated carbocycles. The first kappa shape index (κ1) is 7.18. The second-order valence-corrected chi connectivity index (χ2v) is 5.08. The zero-order valence-electron chi connectivity index (χ0n) is 5.33. The van der Waals surface area contributed by atoms with Gasteiger partial charge in [-0.15, -0.1) is 0 Å². The lowest BCUT2D eigenvalue weighted by atomic mass is 10.5. The zero-order valence-corrected chi connectivity index (χ0v) is 6.33. The van der Waals surface area contributed by atoms with Gasteiger partial charge in [-0.25, -0.2) is 0 Å². The summed E-state index contributed by atoms with van der Waals surface area (Å²) in [5, 5.41) is 0. The van der Waals surface area contributed by atoms with Gasteiger partial charge in [-0.1, -0.05) is 0 Å². The predicted molar refractivity (Wildman–Crippen MR) is 34.7 cm³/mol. The first-order chi connectivity index (χ1) is 3.27. The Hall–Kier alpha value is 0.177. The summed E-state index contributed by atoms with van der Waals surface area (Å²) in [6.45, 7) is 5.82. The van der Waals surface area contributed by atoms with E-state index in [4.69, 9.17) is 0 Å². The van der Waals surface area contributed by atoms with Gasteiger partial charge in [-0.3, -0.25) is 0 Å². The molecule has 0 heterocycles. The van der Waals surface area contributed by atoms with E-state index < -0.39 is 0 Å². The third-order valence-corrected chi connectivity index (χ3v) is 2.28. The maximum Gasteiger partial charge on any atom is 0.308 e. The molecule has 0 saturated heterocycles. The highest BCUT2D eigenvalue weighted by molar-refractivity contribution is 6.55. The summed E-state index contributed by atoms with van der Waals surface area (Å²) < 4.78 is 0. The van der Waals surface area contributed by atoms with Crippen LogP contribution in [0.2, 0.25) is 19.1 Å². The second-order valence-electron chi connectivity index (χ2n) is 2.16. The molecule has 0 aromatic heterocycles. The van der Waals surface area contributed by atoms with Gasteiger partial charge in [-0.05, 0) is 0 Å². The third-order valence-electron chi connectivity index (χ3n) is 0.927.